The first-order valence-corrected chi connectivity index (χ1v) is 6.82. The molecule has 0 saturated carbocycles. The van der Waals surface area contributed by atoms with Crippen LogP contribution in [0.3, 0.4) is 0 Å². The molecular weight excluding hydrogens is 275 g/mol. The van der Waals surface area contributed by atoms with Crippen LogP contribution in [0.2, 0.25) is 0 Å². The molecule has 21 heavy (non-hydrogen) atoms. The molecule has 3 N–H and O–H groups in total. The van der Waals surface area contributed by atoms with Gasteiger partial charge < -0.3 is 20.5 Å². The third-order valence-corrected chi connectivity index (χ3v) is 3.52. The summed E-state index contributed by atoms with van der Waals surface area (Å²) in [5.74, 6) is -0.287. The molecule has 1 rings (SSSR count). The fourth-order valence-electron chi connectivity index (χ4n) is 1.53. The highest BCUT2D eigenvalue weighted by molar-refractivity contribution is 5.73. The summed E-state index contributed by atoms with van der Waals surface area (Å²) in [6, 6.07) is 4.08. The number of ether oxygens (including phenoxy) is 1. The number of hydrogen-bond acceptors (Lipinski definition) is 3. The molecule has 2 amide bonds. The van der Waals surface area contributed by atoms with Crippen LogP contribution in [0.4, 0.5) is 9.18 Å². The molecule has 1 aromatic carbocycles. The minimum atomic E-state index is -0.969. The van der Waals surface area contributed by atoms with Crippen LogP contribution in [-0.4, -0.2) is 30.4 Å². The maximum atomic E-state index is 13.5. The number of methoxy groups -OCH3 is 1. The summed E-state index contributed by atoms with van der Waals surface area (Å²) in [6.07, 6.45) is 0. The number of hydrogen-bond donors (Lipinski definition) is 3. The van der Waals surface area contributed by atoms with Crippen molar-refractivity contribution in [2.45, 2.75) is 32.9 Å². The molecule has 0 heterocycles. The number of carbonyl (C=O) groups is 1. The summed E-state index contributed by atoms with van der Waals surface area (Å²) in [5, 5.41) is 15.2. The Bertz CT molecular complexity index is 490. The van der Waals surface area contributed by atoms with Crippen LogP contribution in [0.1, 0.15) is 26.3 Å². The Morgan fingerprint density at radius 2 is 2.10 bits per heavy atom. The molecule has 0 saturated heterocycles. The molecule has 1 aromatic rings. The van der Waals surface area contributed by atoms with Crippen LogP contribution in [-0.2, 0) is 6.54 Å². The summed E-state index contributed by atoms with van der Waals surface area (Å²) in [5.41, 5.74) is -0.345. The standard InChI is InChI=1S/C15H23FN2O3/c1-10(2)15(3,20)9-18-14(19)17-8-11-5-6-13(21-4)12(16)7-11/h5-7,10,20H,8-9H2,1-4H3,(H2,17,18,19). The van der Waals surface area contributed by atoms with Crippen LogP contribution in [0.25, 0.3) is 0 Å². The van der Waals surface area contributed by atoms with Crippen molar-refractivity contribution in [2.75, 3.05) is 13.7 Å². The van der Waals surface area contributed by atoms with E-state index >= 15 is 0 Å². The van der Waals surface area contributed by atoms with Gasteiger partial charge in [0.05, 0.1) is 12.7 Å². The molecule has 6 heteroatoms. The van der Waals surface area contributed by atoms with E-state index in [4.69, 9.17) is 4.74 Å². The van der Waals surface area contributed by atoms with E-state index < -0.39 is 17.4 Å². The molecule has 0 aliphatic carbocycles. The number of halogens is 1. The van der Waals surface area contributed by atoms with Crippen molar-refractivity contribution in [1.82, 2.24) is 10.6 Å². The Morgan fingerprint density at radius 3 is 2.62 bits per heavy atom. The number of carbonyl (C=O) groups excluding carboxylic acids is 1. The Morgan fingerprint density at radius 1 is 1.43 bits per heavy atom. The average Bonchev–Trinajstić information content (AvgIpc) is 2.43. The summed E-state index contributed by atoms with van der Waals surface area (Å²) in [4.78, 5) is 11.6. The van der Waals surface area contributed by atoms with E-state index in [1.165, 1.54) is 19.2 Å². The largest absolute Gasteiger partial charge is 0.494 e. The molecule has 118 valence electrons. The number of nitrogens with one attached hydrogen (secondary N) is 2. The van der Waals surface area contributed by atoms with Gasteiger partial charge in [-0.15, -0.1) is 0 Å². The van der Waals surface area contributed by atoms with Gasteiger partial charge in [0.15, 0.2) is 11.6 Å². The van der Waals surface area contributed by atoms with E-state index in [1.807, 2.05) is 13.8 Å². The van der Waals surface area contributed by atoms with Gasteiger partial charge in [-0.2, -0.15) is 0 Å². The van der Waals surface area contributed by atoms with Gasteiger partial charge in [-0.3, -0.25) is 0 Å². The summed E-state index contributed by atoms with van der Waals surface area (Å²) >= 11 is 0. The lowest BCUT2D eigenvalue weighted by Crippen LogP contribution is -2.47. The second-order valence-electron chi connectivity index (χ2n) is 5.52. The van der Waals surface area contributed by atoms with E-state index in [0.717, 1.165) is 0 Å². The van der Waals surface area contributed by atoms with Gasteiger partial charge in [0.1, 0.15) is 0 Å². The van der Waals surface area contributed by atoms with Crippen molar-refractivity contribution in [3.63, 3.8) is 0 Å². The van der Waals surface area contributed by atoms with E-state index in [-0.39, 0.29) is 24.8 Å². The second kappa shape index (κ2) is 7.26. The normalized spacial score (nSPS) is 13.7. The minimum absolute atomic E-state index is 0.0217. The van der Waals surface area contributed by atoms with Crippen molar-refractivity contribution in [2.24, 2.45) is 5.92 Å². The van der Waals surface area contributed by atoms with Crippen LogP contribution < -0.4 is 15.4 Å². The van der Waals surface area contributed by atoms with Gasteiger partial charge in [-0.1, -0.05) is 19.9 Å². The monoisotopic (exact) mass is 298 g/mol. The predicted octanol–water partition coefficient (Wildman–Crippen LogP) is 2.04. The van der Waals surface area contributed by atoms with Gasteiger partial charge >= 0.3 is 6.03 Å². The first-order chi connectivity index (χ1) is 9.76. The Labute approximate surface area is 124 Å². The lowest BCUT2D eigenvalue weighted by Gasteiger charge is -2.27. The lowest BCUT2D eigenvalue weighted by atomic mass is 9.93. The van der Waals surface area contributed by atoms with Gasteiger partial charge in [0.2, 0.25) is 0 Å². The molecule has 0 bridgehead atoms. The maximum Gasteiger partial charge on any atom is 0.315 e. The molecule has 0 radical (unpaired) electrons. The molecule has 5 nitrogen and oxygen atoms in total. The van der Waals surface area contributed by atoms with Crippen molar-refractivity contribution in [3.05, 3.63) is 29.6 Å². The highest BCUT2D eigenvalue weighted by Gasteiger charge is 2.25. The Balaban J connectivity index is 2.45. The molecule has 1 atom stereocenters. The zero-order valence-electron chi connectivity index (χ0n) is 12.9. The third kappa shape index (κ3) is 5.23. The maximum absolute atomic E-state index is 13.5. The summed E-state index contributed by atoms with van der Waals surface area (Å²) < 4.78 is 18.3. The van der Waals surface area contributed by atoms with E-state index in [1.54, 1.807) is 13.0 Å². The van der Waals surface area contributed by atoms with Crippen molar-refractivity contribution in [3.8, 4) is 5.75 Å². The van der Waals surface area contributed by atoms with Gasteiger partial charge in [-0.25, -0.2) is 9.18 Å². The predicted molar refractivity (Wildman–Crippen MR) is 78.7 cm³/mol. The molecule has 0 fully saturated rings. The molecule has 1 unspecified atom stereocenters. The van der Waals surface area contributed by atoms with Crippen molar-refractivity contribution < 1.29 is 19.0 Å². The van der Waals surface area contributed by atoms with Crippen LogP contribution in [0, 0.1) is 11.7 Å². The third-order valence-electron chi connectivity index (χ3n) is 3.52. The highest BCUT2D eigenvalue weighted by Crippen LogP contribution is 2.17. The molecule has 0 aliphatic heterocycles. The van der Waals surface area contributed by atoms with E-state index in [9.17, 15) is 14.3 Å². The molecular formula is C15H23FN2O3. The van der Waals surface area contributed by atoms with Crippen LogP contribution in [0.15, 0.2) is 18.2 Å². The number of benzene rings is 1. The van der Waals surface area contributed by atoms with Gasteiger partial charge in [0, 0.05) is 13.1 Å². The highest BCUT2D eigenvalue weighted by atomic mass is 19.1. The lowest BCUT2D eigenvalue weighted by molar-refractivity contribution is 0.0166. The molecule has 0 aliphatic rings. The number of urea groups is 1. The van der Waals surface area contributed by atoms with Crippen LogP contribution in [0.5, 0.6) is 5.75 Å². The van der Waals surface area contributed by atoms with E-state index in [0.29, 0.717) is 5.56 Å². The Hall–Kier alpha value is -1.82. The average molecular weight is 298 g/mol. The fraction of sp³-hybridized carbons (Fsp3) is 0.533. The minimum Gasteiger partial charge on any atom is -0.494 e. The smallest absolute Gasteiger partial charge is 0.315 e. The zero-order valence-corrected chi connectivity index (χ0v) is 12.9. The summed E-state index contributed by atoms with van der Waals surface area (Å²) in [6.45, 7) is 5.75. The zero-order chi connectivity index (χ0) is 16.0. The summed E-state index contributed by atoms with van der Waals surface area (Å²) in [7, 11) is 1.39. The molecule has 0 aromatic heterocycles. The first kappa shape index (κ1) is 17.2. The number of amides is 2. The SMILES string of the molecule is COc1ccc(CNC(=O)NCC(C)(O)C(C)C)cc1F. The van der Waals surface area contributed by atoms with Crippen LogP contribution >= 0.6 is 0 Å². The van der Waals surface area contributed by atoms with Crippen molar-refractivity contribution in [1.29, 1.82) is 0 Å². The Kier molecular flexibility index (Phi) is 5.96. The van der Waals surface area contributed by atoms with Crippen molar-refractivity contribution >= 4 is 6.03 Å². The van der Waals surface area contributed by atoms with Gasteiger partial charge in [0.25, 0.3) is 0 Å². The second-order valence-corrected chi connectivity index (χ2v) is 5.52. The topological polar surface area (TPSA) is 70.6 Å². The van der Waals surface area contributed by atoms with E-state index in [2.05, 4.69) is 10.6 Å². The first-order valence-electron chi connectivity index (χ1n) is 6.82. The quantitative estimate of drug-likeness (QED) is 0.752. The number of aliphatic hydroxyl groups is 1. The number of rotatable bonds is 6. The fourth-order valence-corrected chi connectivity index (χ4v) is 1.53. The van der Waals surface area contributed by atoms with Gasteiger partial charge in [-0.05, 0) is 30.5 Å². The molecule has 0 spiro atoms.